The standard InChI is InChI=1S/C19H25NO4/c1-4-6-18(21)20-11-17(23-3)19(13-20)10-15(12-24-19)14-7-5-8-16(9-14)22-2/h4-9,15,17H,10-13H2,1-3H3/b6-4+/t15-,17-,19-/m1/s1. The van der Waals surface area contributed by atoms with Gasteiger partial charge in [0, 0.05) is 13.0 Å². The first-order valence-corrected chi connectivity index (χ1v) is 8.34. The SMILES string of the molecule is C/C=C/C(=O)N1C[C@@H](OC)[C@@]2(C[C@@H](c3cccc(OC)c3)CO2)C1. The van der Waals surface area contributed by atoms with Crippen LogP contribution in [0, 0.1) is 0 Å². The molecule has 1 spiro atoms. The highest BCUT2D eigenvalue weighted by Crippen LogP contribution is 2.43. The second kappa shape index (κ2) is 6.95. The molecule has 0 N–H and O–H groups in total. The van der Waals surface area contributed by atoms with Gasteiger partial charge in [0.25, 0.3) is 0 Å². The molecule has 1 aromatic carbocycles. The average Bonchev–Trinajstić information content (AvgIpc) is 3.20. The van der Waals surface area contributed by atoms with Crippen LogP contribution in [0.25, 0.3) is 0 Å². The van der Waals surface area contributed by atoms with Crippen molar-refractivity contribution in [1.29, 1.82) is 0 Å². The zero-order chi connectivity index (χ0) is 17.2. The first-order chi connectivity index (χ1) is 11.6. The first-order valence-electron chi connectivity index (χ1n) is 8.34. The van der Waals surface area contributed by atoms with Crippen molar-refractivity contribution in [2.24, 2.45) is 0 Å². The number of amides is 1. The first kappa shape index (κ1) is 17.0. The number of likely N-dealkylation sites (tertiary alicyclic amines) is 1. The number of methoxy groups -OCH3 is 2. The van der Waals surface area contributed by atoms with E-state index in [0.29, 0.717) is 19.7 Å². The highest BCUT2D eigenvalue weighted by Gasteiger charge is 2.53. The highest BCUT2D eigenvalue weighted by atomic mass is 16.6. The van der Waals surface area contributed by atoms with Gasteiger partial charge in [-0.2, -0.15) is 0 Å². The largest absolute Gasteiger partial charge is 0.497 e. The Labute approximate surface area is 143 Å². The number of ether oxygens (including phenoxy) is 3. The van der Waals surface area contributed by atoms with Gasteiger partial charge in [0.1, 0.15) is 17.5 Å². The topological polar surface area (TPSA) is 48.0 Å². The van der Waals surface area contributed by atoms with Crippen molar-refractivity contribution in [3.8, 4) is 5.75 Å². The molecule has 1 amide bonds. The van der Waals surface area contributed by atoms with Gasteiger partial charge in [0.15, 0.2) is 0 Å². The molecule has 0 unspecified atom stereocenters. The summed E-state index contributed by atoms with van der Waals surface area (Å²) in [7, 11) is 3.37. The van der Waals surface area contributed by atoms with Gasteiger partial charge in [-0.1, -0.05) is 18.2 Å². The van der Waals surface area contributed by atoms with Crippen molar-refractivity contribution in [3.63, 3.8) is 0 Å². The van der Waals surface area contributed by atoms with E-state index in [4.69, 9.17) is 14.2 Å². The Morgan fingerprint density at radius 2 is 2.25 bits per heavy atom. The summed E-state index contributed by atoms with van der Waals surface area (Å²) in [5.74, 6) is 1.16. The molecule has 24 heavy (non-hydrogen) atoms. The third kappa shape index (κ3) is 3.06. The van der Waals surface area contributed by atoms with Crippen LogP contribution in [0.3, 0.4) is 0 Å². The molecule has 2 aliphatic heterocycles. The maximum atomic E-state index is 12.2. The molecule has 0 saturated carbocycles. The molecule has 2 aliphatic rings. The summed E-state index contributed by atoms with van der Waals surface area (Å²) >= 11 is 0. The molecule has 2 fully saturated rings. The lowest BCUT2D eigenvalue weighted by Gasteiger charge is -2.28. The van der Waals surface area contributed by atoms with E-state index in [2.05, 4.69) is 12.1 Å². The van der Waals surface area contributed by atoms with Crippen LogP contribution in [0.4, 0.5) is 0 Å². The van der Waals surface area contributed by atoms with Crippen LogP contribution >= 0.6 is 0 Å². The van der Waals surface area contributed by atoms with Crippen molar-refractivity contribution in [3.05, 3.63) is 42.0 Å². The number of hydrogen-bond acceptors (Lipinski definition) is 4. The van der Waals surface area contributed by atoms with Gasteiger partial charge >= 0.3 is 0 Å². The predicted octanol–water partition coefficient (Wildman–Crippen LogP) is 2.37. The lowest BCUT2D eigenvalue weighted by atomic mass is 9.87. The molecule has 0 aromatic heterocycles. The second-order valence-electron chi connectivity index (χ2n) is 6.50. The Morgan fingerprint density at radius 1 is 1.42 bits per heavy atom. The summed E-state index contributed by atoms with van der Waals surface area (Å²) in [5, 5.41) is 0. The number of allylic oxidation sites excluding steroid dienone is 1. The van der Waals surface area contributed by atoms with E-state index in [1.54, 1.807) is 26.4 Å². The summed E-state index contributed by atoms with van der Waals surface area (Å²) in [6.07, 6.45) is 4.12. The van der Waals surface area contributed by atoms with E-state index in [9.17, 15) is 4.79 Å². The summed E-state index contributed by atoms with van der Waals surface area (Å²) in [6, 6.07) is 8.12. The van der Waals surface area contributed by atoms with Crippen molar-refractivity contribution < 1.29 is 19.0 Å². The molecular formula is C19H25NO4. The van der Waals surface area contributed by atoms with Gasteiger partial charge in [-0.25, -0.2) is 0 Å². The Bertz CT molecular complexity index is 630. The van der Waals surface area contributed by atoms with Gasteiger partial charge in [-0.3, -0.25) is 4.79 Å². The maximum Gasteiger partial charge on any atom is 0.246 e. The van der Waals surface area contributed by atoms with Gasteiger partial charge in [0.05, 0.1) is 26.8 Å². The van der Waals surface area contributed by atoms with Crippen molar-refractivity contribution in [1.82, 2.24) is 4.90 Å². The lowest BCUT2D eigenvalue weighted by molar-refractivity contribution is -0.126. The summed E-state index contributed by atoms with van der Waals surface area (Å²) in [5.41, 5.74) is 0.791. The normalized spacial score (nSPS) is 29.7. The molecule has 1 aromatic rings. The summed E-state index contributed by atoms with van der Waals surface area (Å²) in [4.78, 5) is 14.0. The number of benzene rings is 1. The quantitative estimate of drug-likeness (QED) is 0.795. The van der Waals surface area contributed by atoms with Gasteiger partial charge in [-0.05, 0) is 37.1 Å². The molecule has 5 heteroatoms. The highest BCUT2D eigenvalue weighted by molar-refractivity contribution is 5.87. The van der Waals surface area contributed by atoms with Gasteiger partial charge in [-0.15, -0.1) is 0 Å². The third-order valence-electron chi connectivity index (χ3n) is 5.07. The fraction of sp³-hybridized carbons (Fsp3) is 0.526. The summed E-state index contributed by atoms with van der Waals surface area (Å²) in [6.45, 7) is 3.64. The van der Waals surface area contributed by atoms with E-state index in [1.165, 1.54) is 5.56 Å². The minimum atomic E-state index is -0.417. The van der Waals surface area contributed by atoms with Crippen molar-refractivity contribution in [2.75, 3.05) is 33.9 Å². The fourth-order valence-corrected chi connectivity index (χ4v) is 3.81. The van der Waals surface area contributed by atoms with E-state index in [-0.39, 0.29) is 17.9 Å². The minimum absolute atomic E-state index is 0.0184. The van der Waals surface area contributed by atoms with Crippen LogP contribution in [0.15, 0.2) is 36.4 Å². The van der Waals surface area contributed by atoms with Crippen LogP contribution < -0.4 is 4.74 Å². The van der Waals surface area contributed by atoms with Gasteiger partial charge < -0.3 is 19.1 Å². The van der Waals surface area contributed by atoms with E-state index in [1.807, 2.05) is 24.0 Å². The van der Waals surface area contributed by atoms with E-state index >= 15 is 0 Å². The molecule has 3 rings (SSSR count). The van der Waals surface area contributed by atoms with Crippen LogP contribution in [0.5, 0.6) is 5.75 Å². The Kier molecular flexibility index (Phi) is 4.92. The number of carbonyl (C=O) groups excluding carboxylic acids is 1. The van der Waals surface area contributed by atoms with E-state index in [0.717, 1.165) is 12.2 Å². The second-order valence-corrected chi connectivity index (χ2v) is 6.50. The Balaban J connectivity index is 1.77. The lowest BCUT2D eigenvalue weighted by Crippen LogP contribution is -2.42. The predicted molar refractivity (Wildman–Crippen MR) is 91.2 cm³/mol. The molecule has 0 radical (unpaired) electrons. The molecule has 130 valence electrons. The monoisotopic (exact) mass is 331 g/mol. The van der Waals surface area contributed by atoms with E-state index < -0.39 is 5.60 Å². The number of rotatable bonds is 4. The van der Waals surface area contributed by atoms with Gasteiger partial charge in [0.2, 0.25) is 5.91 Å². The molecule has 2 heterocycles. The number of hydrogen-bond donors (Lipinski definition) is 0. The van der Waals surface area contributed by atoms with Crippen LogP contribution in [-0.4, -0.2) is 56.4 Å². The maximum absolute atomic E-state index is 12.2. The molecule has 2 saturated heterocycles. The zero-order valence-corrected chi connectivity index (χ0v) is 14.5. The molecule has 0 aliphatic carbocycles. The minimum Gasteiger partial charge on any atom is -0.497 e. The molecular weight excluding hydrogens is 306 g/mol. The Morgan fingerprint density at radius 3 is 2.96 bits per heavy atom. The van der Waals surface area contributed by atoms with Crippen LogP contribution in [-0.2, 0) is 14.3 Å². The van der Waals surface area contributed by atoms with Crippen molar-refractivity contribution in [2.45, 2.75) is 31.0 Å². The number of nitrogens with zero attached hydrogens (tertiary/aromatic N) is 1. The molecule has 0 bridgehead atoms. The Hall–Kier alpha value is -1.85. The van der Waals surface area contributed by atoms with Crippen molar-refractivity contribution >= 4 is 5.91 Å². The average molecular weight is 331 g/mol. The summed E-state index contributed by atoms with van der Waals surface area (Å²) < 4.78 is 17.2. The zero-order valence-electron chi connectivity index (χ0n) is 14.5. The smallest absolute Gasteiger partial charge is 0.246 e. The van der Waals surface area contributed by atoms with Crippen LogP contribution in [0.2, 0.25) is 0 Å². The van der Waals surface area contributed by atoms with Crippen LogP contribution in [0.1, 0.15) is 24.8 Å². The fourth-order valence-electron chi connectivity index (χ4n) is 3.81. The molecule has 5 nitrogen and oxygen atoms in total. The third-order valence-corrected chi connectivity index (χ3v) is 5.07. The number of carbonyl (C=O) groups is 1. The molecule has 3 atom stereocenters.